The quantitative estimate of drug-likeness (QED) is 0.194. The lowest BCUT2D eigenvalue weighted by Gasteiger charge is -2.18. The number of rotatable bonds is 0. The van der Waals surface area contributed by atoms with Crippen molar-refractivity contribution in [3.05, 3.63) is 72.8 Å². The van der Waals surface area contributed by atoms with Gasteiger partial charge in [0, 0.05) is 16.2 Å². The van der Waals surface area contributed by atoms with Gasteiger partial charge in [-0.1, -0.05) is 60.7 Å². The summed E-state index contributed by atoms with van der Waals surface area (Å²) < 4.78 is 0. The van der Waals surface area contributed by atoms with Crippen molar-refractivity contribution in [1.29, 1.82) is 0 Å². The first kappa shape index (κ1) is 13.7. The lowest BCUT2D eigenvalue weighted by molar-refractivity contribution is 0.413. The normalized spacial score (nSPS) is 12.2. The lowest BCUT2D eigenvalue weighted by Crippen LogP contribution is -1.90. The molecule has 0 aliphatic carbocycles. The zero-order valence-electron chi connectivity index (χ0n) is 13.8. The highest BCUT2D eigenvalue weighted by atomic mass is 16.3. The average Bonchev–Trinajstić information content (AvgIpc) is 2.68. The minimum Gasteiger partial charge on any atom is -0.504 e. The second-order valence-corrected chi connectivity index (χ2v) is 6.90. The molecule has 7 aromatic carbocycles. The smallest absolute Gasteiger partial charge is 0.166 e. The molecular weight excluding hydrogens is 320 g/mol. The maximum atomic E-state index is 10.8. The highest BCUT2D eigenvalue weighted by Gasteiger charge is 2.22. The van der Waals surface area contributed by atoms with E-state index >= 15 is 0 Å². The van der Waals surface area contributed by atoms with Gasteiger partial charge in [0.15, 0.2) is 11.5 Å². The van der Waals surface area contributed by atoms with Crippen molar-refractivity contribution < 1.29 is 10.2 Å². The molecule has 0 aliphatic rings. The van der Waals surface area contributed by atoms with Gasteiger partial charge in [0.25, 0.3) is 0 Å². The van der Waals surface area contributed by atoms with Gasteiger partial charge in [-0.15, -0.1) is 0 Å². The Morgan fingerprint density at radius 1 is 0.423 bits per heavy atom. The summed E-state index contributed by atoms with van der Waals surface area (Å²) in [6.07, 6.45) is 0. The summed E-state index contributed by atoms with van der Waals surface area (Å²) in [6.45, 7) is 0. The molecule has 2 heteroatoms. The fraction of sp³-hybridized carbons (Fsp3) is 0. The van der Waals surface area contributed by atoms with Gasteiger partial charge in [0.1, 0.15) is 0 Å². The first-order valence-corrected chi connectivity index (χ1v) is 8.67. The molecule has 7 aromatic rings. The van der Waals surface area contributed by atoms with E-state index in [4.69, 9.17) is 0 Å². The van der Waals surface area contributed by atoms with E-state index < -0.39 is 0 Å². The highest BCUT2D eigenvalue weighted by Crippen LogP contribution is 2.52. The van der Waals surface area contributed by atoms with Gasteiger partial charge in [-0.2, -0.15) is 0 Å². The van der Waals surface area contributed by atoms with E-state index in [1.54, 1.807) is 0 Å². The number of phenols is 4. The van der Waals surface area contributed by atoms with Gasteiger partial charge in [-0.05, 0) is 49.8 Å². The van der Waals surface area contributed by atoms with Crippen LogP contribution in [0.2, 0.25) is 0 Å². The van der Waals surface area contributed by atoms with Crippen molar-refractivity contribution in [3.8, 4) is 11.5 Å². The highest BCUT2D eigenvalue weighted by molar-refractivity contribution is 6.37. The molecule has 0 amide bonds. The number of aromatic hydroxyl groups is 2. The van der Waals surface area contributed by atoms with Crippen LogP contribution in [0.5, 0.6) is 11.5 Å². The number of phenolic OH excluding ortho intramolecular Hbond substituents is 2. The predicted octanol–water partition coefficient (Wildman–Crippen LogP) is 6.30. The van der Waals surface area contributed by atoms with E-state index in [0.29, 0.717) is 0 Å². The van der Waals surface area contributed by atoms with Crippen LogP contribution in [-0.2, 0) is 0 Å². The second-order valence-electron chi connectivity index (χ2n) is 6.90. The predicted molar refractivity (Wildman–Crippen MR) is 108 cm³/mol. The van der Waals surface area contributed by atoms with Crippen molar-refractivity contribution in [2.24, 2.45) is 0 Å². The van der Waals surface area contributed by atoms with E-state index in [1.807, 2.05) is 30.3 Å². The van der Waals surface area contributed by atoms with Crippen LogP contribution in [0.1, 0.15) is 0 Å². The van der Waals surface area contributed by atoms with Gasteiger partial charge < -0.3 is 10.2 Å². The summed E-state index contributed by atoms with van der Waals surface area (Å²) in [5, 5.41) is 31.3. The summed E-state index contributed by atoms with van der Waals surface area (Å²) >= 11 is 0. The Balaban J connectivity index is 2.02. The largest absolute Gasteiger partial charge is 0.504 e. The average molecular weight is 334 g/mol. The standard InChI is InChI=1S/C24H14O2/c25-23-21-17-10-9-13-5-3-4-8-16(13)20(17)22(24(23)26)19-12-15-7-2-1-6-14(15)11-18(19)21/h1-12,25-26H. The Bertz CT molecular complexity index is 1480. The third kappa shape index (κ3) is 1.52. The first-order valence-electron chi connectivity index (χ1n) is 8.67. The molecule has 0 unspecified atom stereocenters. The minimum absolute atomic E-state index is 0.0216. The second kappa shape index (κ2) is 4.55. The van der Waals surface area contributed by atoms with E-state index in [1.165, 1.54) is 0 Å². The van der Waals surface area contributed by atoms with Crippen LogP contribution in [0.25, 0.3) is 53.9 Å². The fourth-order valence-corrected chi connectivity index (χ4v) is 4.42. The van der Waals surface area contributed by atoms with Gasteiger partial charge in [-0.3, -0.25) is 0 Å². The molecule has 122 valence electrons. The van der Waals surface area contributed by atoms with Gasteiger partial charge >= 0.3 is 0 Å². The monoisotopic (exact) mass is 334 g/mol. The molecule has 0 heterocycles. The molecule has 0 fully saturated rings. The van der Waals surface area contributed by atoms with Gasteiger partial charge in [0.2, 0.25) is 0 Å². The first-order chi connectivity index (χ1) is 12.7. The van der Waals surface area contributed by atoms with Gasteiger partial charge in [0.05, 0.1) is 0 Å². The Morgan fingerprint density at radius 3 is 1.73 bits per heavy atom. The molecule has 2 N–H and O–H groups in total. The Hall–Kier alpha value is -3.52. The van der Waals surface area contributed by atoms with E-state index in [9.17, 15) is 10.2 Å². The van der Waals surface area contributed by atoms with Gasteiger partial charge in [-0.25, -0.2) is 0 Å². The van der Waals surface area contributed by atoms with E-state index in [2.05, 4.69) is 42.5 Å². The van der Waals surface area contributed by atoms with Crippen molar-refractivity contribution in [1.82, 2.24) is 0 Å². The van der Waals surface area contributed by atoms with Crippen LogP contribution < -0.4 is 0 Å². The number of fused-ring (bicyclic) bond motifs is 3. The maximum absolute atomic E-state index is 10.8. The molecule has 26 heavy (non-hydrogen) atoms. The van der Waals surface area contributed by atoms with Crippen LogP contribution in [0.15, 0.2) is 72.8 Å². The molecular formula is C24H14O2. The summed E-state index contributed by atoms with van der Waals surface area (Å²) in [5.41, 5.74) is 0. The van der Waals surface area contributed by atoms with Crippen LogP contribution in [0, 0.1) is 0 Å². The number of hydrogen-bond acceptors (Lipinski definition) is 2. The molecule has 0 spiro atoms. The Morgan fingerprint density at radius 2 is 1.00 bits per heavy atom. The zero-order valence-corrected chi connectivity index (χ0v) is 13.8. The van der Waals surface area contributed by atoms with Crippen molar-refractivity contribution in [3.63, 3.8) is 0 Å². The summed E-state index contributed by atoms with van der Waals surface area (Å²) in [5.74, 6) is -0.0443. The SMILES string of the molecule is Oc1c(O)c2c3cc4ccccc4cc3c1c1ccc3ccccc3c12. The third-order valence-corrected chi connectivity index (χ3v) is 5.57. The molecule has 0 aliphatic heterocycles. The molecule has 2 bridgehead atoms. The van der Waals surface area contributed by atoms with Crippen molar-refractivity contribution >= 4 is 53.9 Å². The lowest BCUT2D eigenvalue weighted by atomic mass is 9.86. The molecule has 2 nitrogen and oxygen atoms in total. The zero-order chi connectivity index (χ0) is 17.4. The molecule has 0 radical (unpaired) electrons. The third-order valence-electron chi connectivity index (χ3n) is 5.57. The fourth-order valence-electron chi connectivity index (χ4n) is 4.42. The summed E-state index contributed by atoms with van der Waals surface area (Å²) in [4.78, 5) is 0. The summed E-state index contributed by atoms with van der Waals surface area (Å²) in [7, 11) is 0. The van der Waals surface area contributed by atoms with Crippen molar-refractivity contribution in [2.75, 3.05) is 0 Å². The van der Waals surface area contributed by atoms with Crippen LogP contribution >= 0.6 is 0 Å². The Kier molecular flexibility index (Phi) is 2.41. The number of hydrogen-bond donors (Lipinski definition) is 2. The van der Waals surface area contributed by atoms with Crippen LogP contribution in [-0.4, -0.2) is 10.2 Å². The maximum Gasteiger partial charge on any atom is 0.166 e. The molecule has 0 aromatic heterocycles. The summed E-state index contributed by atoms with van der Waals surface area (Å²) in [6, 6.07) is 24.7. The molecule has 0 saturated heterocycles. The Labute approximate surface area is 148 Å². The van der Waals surface area contributed by atoms with Crippen molar-refractivity contribution in [2.45, 2.75) is 0 Å². The van der Waals surface area contributed by atoms with Crippen LogP contribution in [0.3, 0.4) is 0 Å². The molecule has 0 saturated carbocycles. The number of benzene rings is 7. The molecule has 7 rings (SSSR count). The minimum atomic E-state index is -0.0226. The van der Waals surface area contributed by atoms with E-state index in [0.717, 1.165) is 53.9 Å². The van der Waals surface area contributed by atoms with Crippen LogP contribution in [0.4, 0.5) is 0 Å². The molecule has 0 atom stereocenters. The topological polar surface area (TPSA) is 40.5 Å². The van der Waals surface area contributed by atoms with E-state index in [-0.39, 0.29) is 11.5 Å².